The molecule has 0 unspecified atom stereocenters. The van der Waals surface area contributed by atoms with Gasteiger partial charge in [0.05, 0.1) is 7.11 Å². The number of hydrogen-bond donors (Lipinski definition) is 2. The molecule has 0 aliphatic carbocycles. The van der Waals surface area contributed by atoms with E-state index in [1.807, 2.05) is 6.07 Å². The first-order chi connectivity index (χ1) is 15.0. The molecule has 32 heavy (non-hydrogen) atoms. The first kappa shape index (κ1) is 26.2. The quantitative estimate of drug-likeness (QED) is 0.303. The Balaban J connectivity index is 0.00000363. The minimum Gasteiger partial charge on any atom is -0.494 e. The number of rotatable bonds is 7. The second-order valence-electron chi connectivity index (χ2n) is 7.65. The third-order valence-corrected chi connectivity index (χ3v) is 5.47. The van der Waals surface area contributed by atoms with Crippen molar-refractivity contribution >= 4 is 29.9 Å². The summed E-state index contributed by atoms with van der Waals surface area (Å²) in [6, 6.07) is 8.81. The van der Waals surface area contributed by atoms with Crippen LogP contribution in [0.1, 0.15) is 24.0 Å². The van der Waals surface area contributed by atoms with Crippen LogP contribution in [0.25, 0.3) is 0 Å². The fraction of sp³-hybridized carbons (Fsp3) is 0.435. The normalized spacial score (nSPS) is 15.2. The second kappa shape index (κ2) is 12.9. The zero-order chi connectivity index (χ0) is 22.2. The number of guanidine groups is 1. The summed E-state index contributed by atoms with van der Waals surface area (Å²) in [6.45, 7) is 2.91. The van der Waals surface area contributed by atoms with Crippen molar-refractivity contribution in [2.24, 2.45) is 4.99 Å². The Morgan fingerprint density at radius 3 is 2.50 bits per heavy atom. The average Bonchev–Trinajstić information content (AvgIpc) is 2.77. The molecule has 1 saturated heterocycles. The van der Waals surface area contributed by atoms with Crippen molar-refractivity contribution in [3.63, 3.8) is 0 Å². The third kappa shape index (κ3) is 7.54. The Kier molecular flexibility index (Phi) is 10.6. The number of benzene rings is 2. The van der Waals surface area contributed by atoms with Gasteiger partial charge in [-0.3, -0.25) is 9.89 Å². The van der Waals surface area contributed by atoms with E-state index in [4.69, 9.17) is 4.74 Å². The maximum Gasteiger partial charge on any atom is 0.191 e. The highest BCUT2D eigenvalue weighted by Crippen LogP contribution is 2.20. The van der Waals surface area contributed by atoms with Gasteiger partial charge in [-0.2, -0.15) is 0 Å². The van der Waals surface area contributed by atoms with Gasteiger partial charge in [0, 0.05) is 39.3 Å². The number of methoxy groups -OCH3 is 1. The average molecular weight is 562 g/mol. The number of aliphatic imine (C=N–C) groups is 1. The molecule has 0 aromatic heterocycles. The van der Waals surface area contributed by atoms with Gasteiger partial charge in [-0.15, -0.1) is 24.0 Å². The molecule has 176 valence electrons. The van der Waals surface area contributed by atoms with Gasteiger partial charge in [-0.25, -0.2) is 13.2 Å². The summed E-state index contributed by atoms with van der Waals surface area (Å²) in [5.41, 5.74) is 1.26. The van der Waals surface area contributed by atoms with Crippen molar-refractivity contribution < 1.29 is 17.9 Å². The van der Waals surface area contributed by atoms with Crippen molar-refractivity contribution in [1.29, 1.82) is 0 Å². The molecule has 1 fully saturated rings. The fourth-order valence-electron chi connectivity index (χ4n) is 3.74. The zero-order valence-electron chi connectivity index (χ0n) is 18.3. The zero-order valence-corrected chi connectivity index (χ0v) is 20.7. The van der Waals surface area contributed by atoms with E-state index >= 15 is 0 Å². The first-order valence-corrected chi connectivity index (χ1v) is 10.4. The van der Waals surface area contributed by atoms with Crippen LogP contribution < -0.4 is 15.4 Å². The summed E-state index contributed by atoms with van der Waals surface area (Å²) in [5, 5.41) is 6.56. The molecule has 0 bridgehead atoms. The van der Waals surface area contributed by atoms with Gasteiger partial charge in [-0.1, -0.05) is 6.07 Å². The largest absolute Gasteiger partial charge is 0.494 e. The molecule has 2 aromatic rings. The van der Waals surface area contributed by atoms with Crippen LogP contribution in [0.3, 0.4) is 0 Å². The Labute approximate surface area is 204 Å². The van der Waals surface area contributed by atoms with Gasteiger partial charge in [0.2, 0.25) is 0 Å². The van der Waals surface area contributed by atoms with Crippen LogP contribution in [0.5, 0.6) is 5.75 Å². The summed E-state index contributed by atoms with van der Waals surface area (Å²) >= 11 is 0. The lowest BCUT2D eigenvalue weighted by molar-refractivity contribution is 0.198. The summed E-state index contributed by atoms with van der Waals surface area (Å²) in [4.78, 5) is 6.52. The van der Waals surface area contributed by atoms with E-state index in [2.05, 4.69) is 20.5 Å². The van der Waals surface area contributed by atoms with Crippen molar-refractivity contribution in [3.05, 3.63) is 65.0 Å². The van der Waals surface area contributed by atoms with Gasteiger partial charge in [0.1, 0.15) is 11.6 Å². The molecule has 1 aliphatic heterocycles. The minimum absolute atomic E-state index is 0. The summed E-state index contributed by atoms with van der Waals surface area (Å²) in [7, 11) is 3.14. The first-order valence-electron chi connectivity index (χ1n) is 10.4. The lowest BCUT2D eigenvalue weighted by Gasteiger charge is -2.33. The number of likely N-dealkylation sites (tertiary alicyclic amines) is 1. The molecule has 9 heteroatoms. The fourth-order valence-corrected chi connectivity index (χ4v) is 3.74. The Bertz CT molecular complexity index is 905. The monoisotopic (exact) mass is 562 g/mol. The van der Waals surface area contributed by atoms with Crippen LogP contribution in [-0.4, -0.2) is 50.7 Å². The topological polar surface area (TPSA) is 48.9 Å². The lowest BCUT2D eigenvalue weighted by atomic mass is 10.0. The Morgan fingerprint density at radius 1 is 1.09 bits per heavy atom. The molecule has 0 radical (unpaired) electrons. The number of nitrogens with zero attached hydrogens (tertiary/aromatic N) is 2. The highest BCUT2D eigenvalue weighted by atomic mass is 127. The van der Waals surface area contributed by atoms with Crippen LogP contribution in [0, 0.1) is 17.5 Å². The minimum atomic E-state index is -0.442. The van der Waals surface area contributed by atoms with Crippen molar-refractivity contribution in [3.8, 4) is 5.75 Å². The van der Waals surface area contributed by atoms with E-state index in [1.54, 1.807) is 13.1 Å². The molecule has 0 spiro atoms. The number of halogens is 4. The van der Waals surface area contributed by atoms with Gasteiger partial charge in [0.25, 0.3) is 0 Å². The van der Waals surface area contributed by atoms with Crippen LogP contribution >= 0.6 is 24.0 Å². The van der Waals surface area contributed by atoms with E-state index in [0.717, 1.165) is 43.6 Å². The molecule has 2 aromatic carbocycles. The predicted molar refractivity (Wildman–Crippen MR) is 131 cm³/mol. The number of nitrogens with one attached hydrogen (secondary N) is 2. The Hall–Kier alpha value is -2.01. The number of hydrogen-bond acceptors (Lipinski definition) is 3. The maximum atomic E-state index is 13.9. The molecular weight excluding hydrogens is 532 g/mol. The highest BCUT2D eigenvalue weighted by Gasteiger charge is 2.20. The van der Waals surface area contributed by atoms with Crippen LogP contribution in [0.15, 0.2) is 41.4 Å². The number of piperidine rings is 1. The maximum absolute atomic E-state index is 13.9. The van der Waals surface area contributed by atoms with Gasteiger partial charge < -0.3 is 15.4 Å². The number of ether oxygens (including phenoxy) is 1. The van der Waals surface area contributed by atoms with E-state index in [-0.39, 0.29) is 41.6 Å². The van der Waals surface area contributed by atoms with Gasteiger partial charge in [-0.05, 0) is 60.7 Å². The van der Waals surface area contributed by atoms with E-state index in [0.29, 0.717) is 31.0 Å². The molecule has 2 N–H and O–H groups in total. The van der Waals surface area contributed by atoms with Crippen molar-refractivity contribution in [2.45, 2.75) is 31.8 Å². The summed E-state index contributed by atoms with van der Waals surface area (Å²) < 4.78 is 45.9. The van der Waals surface area contributed by atoms with Crippen LogP contribution in [0.4, 0.5) is 13.2 Å². The van der Waals surface area contributed by atoms with Gasteiger partial charge >= 0.3 is 0 Å². The lowest BCUT2D eigenvalue weighted by Crippen LogP contribution is -2.48. The Morgan fingerprint density at radius 2 is 1.84 bits per heavy atom. The molecule has 3 rings (SSSR count). The van der Waals surface area contributed by atoms with E-state index in [1.165, 1.54) is 19.2 Å². The highest BCUT2D eigenvalue weighted by molar-refractivity contribution is 14.0. The smallest absolute Gasteiger partial charge is 0.191 e. The molecule has 1 aliphatic rings. The standard InChI is InChI=1S/C23H29F3N4O.HI/c1-27-23(28-10-7-17-14-18(24)4-5-20(17)25)29-19-8-11-30(12-9-19)15-16-3-6-22(31-2)21(26)13-16;/h3-6,13-14,19H,7-12,15H2,1-2H3,(H2,27,28,29);1H. The molecule has 0 saturated carbocycles. The predicted octanol–water partition coefficient (Wildman–Crippen LogP) is 4.10. The molecule has 1 heterocycles. The summed E-state index contributed by atoms with van der Waals surface area (Å²) in [5.74, 6) is -0.291. The van der Waals surface area contributed by atoms with E-state index in [9.17, 15) is 13.2 Å². The molecular formula is C23H30F3IN4O. The molecule has 5 nitrogen and oxygen atoms in total. The third-order valence-electron chi connectivity index (χ3n) is 5.47. The van der Waals surface area contributed by atoms with Crippen molar-refractivity contribution in [1.82, 2.24) is 15.5 Å². The second-order valence-corrected chi connectivity index (χ2v) is 7.65. The van der Waals surface area contributed by atoms with E-state index < -0.39 is 11.6 Å². The summed E-state index contributed by atoms with van der Waals surface area (Å²) in [6.07, 6.45) is 2.22. The van der Waals surface area contributed by atoms with Crippen LogP contribution in [0.2, 0.25) is 0 Å². The van der Waals surface area contributed by atoms with Gasteiger partial charge in [0.15, 0.2) is 17.5 Å². The molecule has 0 amide bonds. The SMILES string of the molecule is CN=C(NCCc1cc(F)ccc1F)NC1CCN(Cc2ccc(OC)c(F)c2)CC1.I. The molecule has 0 atom stereocenters. The van der Waals surface area contributed by atoms with Crippen molar-refractivity contribution in [2.75, 3.05) is 33.8 Å². The van der Waals surface area contributed by atoms with Crippen LogP contribution in [-0.2, 0) is 13.0 Å².